The average Bonchev–Trinajstić information content (AvgIpc) is 2.85. The van der Waals surface area contributed by atoms with Gasteiger partial charge in [0.2, 0.25) is 10.0 Å². The quantitative estimate of drug-likeness (QED) is 0.874. The second kappa shape index (κ2) is 6.00. The van der Waals surface area contributed by atoms with Gasteiger partial charge in [0, 0.05) is 17.2 Å². The molecule has 2 aromatic rings. The Kier molecular flexibility index (Phi) is 4.56. The Morgan fingerprint density at radius 1 is 1.42 bits per heavy atom. The second-order valence-electron chi connectivity index (χ2n) is 3.64. The summed E-state index contributed by atoms with van der Waals surface area (Å²) in [5, 5.41) is 7.83. The standard InChI is InChI=1S/C10H10BrClN4O2S/c11-9-7-8(1-2-10(9)12)19(17,18)14-4-6-16-5-3-13-15-16/h1-3,5,7,14H,4,6H2. The minimum atomic E-state index is -3.55. The number of hydrogen-bond donors (Lipinski definition) is 1. The Bertz CT molecular complexity index is 660. The molecule has 19 heavy (non-hydrogen) atoms. The molecule has 0 aliphatic carbocycles. The molecule has 1 heterocycles. The van der Waals surface area contributed by atoms with Crippen molar-refractivity contribution in [1.82, 2.24) is 19.7 Å². The molecule has 0 bridgehead atoms. The van der Waals surface area contributed by atoms with E-state index in [1.54, 1.807) is 10.9 Å². The number of nitrogens with zero attached hydrogens (tertiary/aromatic N) is 3. The molecule has 0 saturated carbocycles. The van der Waals surface area contributed by atoms with E-state index >= 15 is 0 Å². The third-order valence-corrected chi connectivity index (χ3v) is 4.98. The molecule has 0 aliphatic heterocycles. The lowest BCUT2D eigenvalue weighted by atomic mass is 10.4. The highest BCUT2D eigenvalue weighted by Crippen LogP contribution is 2.25. The maximum absolute atomic E-state index is 12.0. The highest BCUT2D eigenvalue weighted by atomic mass is 79.9. The van der Waals surface area contributed by atoms with E-state index in [1.165, 1.54) is 24.4 Å². The molecule has 2 rings (SSSR count). The molecule has 0 spiro atoms. The fourth-order valence-electron chi connectivity index (χ4n) is 1.37. The third kappa shape index (κ3) is 3.75. The van der Waals surface area contributed by atoms with Crippen LogP contribution in [0.4, 0.5) is 0 Å². The summed E-state index contributed by atoms with van der Waals surface area (Å²) in [6, 6.07) is 4.43. The van der Waals surface area contributed by atoms with Crippen LogP contribution in [0.5, 0.6) is 0 Å². The monoisotopic (exact) mass is 364 g/mol. The van der Waals surface area contributed by atoms with E-state index in [9.17, 15) is 8.42 Å². The lowest BCUT2D eigenvalue weighted by Crippen LogP contribution is -2.27. The molecule has 9 heteroatoms. The van der Waals surface area contributed by atoms with Crippen molar-refractivity contribution in [3.8, 4) is 0 Å². The summed E-state index contributed by atoms with van der Waals surface area (Å²) in [6.45, 7) is 0.639. The molecule has 1 N–H and O–H groups in total. The first kappa shape index (κ1) is 14.4. The summed E-state index contributed by atoms with van der Waals surface area (Å²) in [6.07, 6.45) is 3.19. The normalized spacial score (nSPS) is 11.7. The van der Waals surface area contributed by atoms with Gasteiger partial charge in [-0.1, -0.05) is 16.8 Å². The van der Waals surface area contributed by atoms with Crippen molar-refractivity contribution in [3.05, 3.63) is 40.1 Å². The molecule has 102 valence electrons. The number of hydrogen-bond acceptors (Lipinski definition) is 4. The SMILES string of the molecule is O=S(=O)(NCCn1ccnn1)c1ccc(Cl)c(Br)c1. The van der Waals surface area contributed by atoms with Crippen molar-refractivity contribution >= 4 is 37.6 Å². The zero-order valence-corrected chi connectivity index (χ0v) is 12.8. The van der Waals surface area contributed by atoms with Crippen LogP contribution in [0.15, 0.2) is 40.0 Å². The van der Waals surface area contributed by atoms with Gasteiger partial charge in [-0.2, -0.15) is 0 Å². The number of rotatable bonds is 5. The van der Waals surface area contributed by atoms with Gasteiger partial charge in [0.25, 0.3) is 0 Å². The first-order valence-corrected chi connectivity index (χ1v) is 7.93. The molecular weight excluding hydrogens is 356 g/mol. The summed E-state index contributed by atoms with van der Waals surface area (Å²) in [7, 11) is -3.55. The molecule has 6 nitrogen and oxygen atoms in total. The van der Waals surface area contributed by atoms with Gasteiger partial charge >= 0.3 is 0 Å². The van der Waals surface area contributed by atoms with Crippen LogP contribution in [-0.2, 0) is 16.6 Å². The fourth-order valence-corrected chi connectivity index (χ4v) is 3.07. The molecular formula is C10H10BrClN4O2S. The lowest BCUT2D eigenvalue weighted by molar-refractivity contribution is 0.553. The zero-order chi connectivity index (χ0) is 13.9. The Labute approximate surface area is 123 Å². The predicted octanol–water partition coefficient (Wildman–Crippen LogP) is 1.67. The van der Waals surface area contributed by atoms with Crippen molar-refractivity contribution < 1.29 is 8.42 Å². The predicted molar refractivity (Wildman–Crippen MR) is 74.4 cm³/mol. The van der Waals surface area contributed by atoms with Gasteiger partial charge < -0.3 is 0 Å². The Morgan fingerprint density at radius 2 is 2.21 bits per heavy atom. The van der Waals surface area contributed by atoms with E-state index in [2.05, 4.69) is 31.0 Å². The Balaban J connectivity index is 2.03. The van der Waals surface area contributed by atoms with Crippen LogP contribution in [0.1, 0.15) is 0 Å². The van der Waals surface area contributed by atoms with E-state index < -0.39 is 10.0 Å². The van der Waals surface area contributed by atoms with Gasteiger partial charge in [0.15, 0.2) is 0 Å². The minimum Gasteiger partial charge on any atom is -0.251 e. The van der Waals surface area contributed by atoms with E-state index in [0.29, 0.717) is 16.0 Å². The Morgan fingerprint density at radius 3 is 2.84 bits per heavy atom. The van der Waals surface area contributed by atoms with Crippen LogP contribution in [0.3, 0.4) is 0 Å². The van der Waals surface area contributed by atoms with Crippen LogP contribution >= 0.6 is 27.5 Å². The summed E-state index contributed by atoms with van der Waals surface area (Å²) in [4.78, 5) is 0.155. The maximum Gasteiger partial charge on any atom is 0.240 e. The molecule has 0 saturated heterocycles. The van der Waals surface area contributed by atoms with Gasteiger partial charge in [-0.3, -0.25) is 4.68 Å². The molecule has 1 aromatic carbocycles. The summed E-state index contributed by atoms with van der Waals surface area (Å²) in [5.74, 6) is 0. The second-order valence-corrected chi connectivity index (χ2v) is 6.67. The van der Waals surface area contributed by atoms with Gasteiger partial charge in [0.05, 0.1) is 22.7 Å². The van der Waals surface area contributed by atoms with E-state index in [0.717, 1.165) is 0 Å². The fraction of sp³-hybridized carbons (Fsp3) is 0.200. The van der Waals surface area contributed by atoms with Crippen LogP contribution in [0.2, 0.25) is 5.02 Å². The maximum atomic E-state index is 12.0. The molecule has 0 radical (unpaired) electrons. The molecule has 0 fully saturated rings. The van der Waals surface area contributed by atoms with Gasteiger partial charge in [-0.25, -0.2) is 13.1 Å². The summed E-state index contributed by atoms with van der Waals surface area (Å²) < 4.78 is 28.6. The third-order valence-electron chi connectivity index (χ3n) is 2.31. The first-order chi connectivity index (χ1) is 8.99. The highest BCUT2D eigenvalue weighted by molar-refractivity contribution is 9.10. The number of benzene rings is 1. The van der Waals surface area contributed by atoms with Crippen LogP contribution in [0.25, 0.3) is 0 Å². The molecule has 0 aliphatic rings. The van der Waals surface area contributed by atoms with Gasteiger partial charge in [-0.15, -0.1) is 5.10 Å². The van der Waals surface area contributed by atoms with E-state index in [4.69, 9.17) is 11.6 Å². The Hall–Kier alpha value is -0.960. The lowest BCUT2D eigenvalue weighted by Gasteiger charge is -2.07. The van der Waals surface area contributed by atoms with Crippen LogP contribution in [-0.4, -0.2) is 30.0 Å². The van der Waals surface area contributed by atoms with Crippen molar-refractivity contribution in [2.45, 2.75) is 11.4 Å². The number of aromatic nitrogens is 3. The van der Waals surface area contributed by atoms with E-state index in [1.807, 2.05) is 0 Å². The molecule has 1 aromatic heterocycles. The van der Waals surface area contributed by atoms with Gasteiger partial charge in [0.1, 0.15) is 0 Å². The summed E-state index contributed by atoms with van der Waals surface area (Å²) >= 11 is 9.01. The number of halogens is 2. The highest BCUT2D eigenvalue weighted by Gasteiger charge is 2.14. The molecule has 0 atom stereocenters. The zero-order valence-electron chi connectivity index (χ0n) is 9.62. The molecule has 0 unspecified atom stereocenters. The molecule has 0 amide bonds. The van der Waals surface area contributed by atoms with Crippen molar-refractivity contribution in [2.75, 3.05) is 6.54 Å². The largest absolute Gasteiger partial charge is 0.251 e. The number of nitrogens with one attached hydrogen (secondary N) is 1. The van der Waals surface area contributed by atoms with Crippen LogP contribution < -0.4 is 4.72 Å². The van der Waals surface area contributed by atoms with Crippen molar-refractivity contribution in [1.29, 1.82) is 0 Å². The minimum absolute atomic E-state index is 0.155. The van der Waals surface area contributed by atoms with Crippen molar-refractivity contribution in [3.63, 3.8) is 0 Å². The van der Waals surface area contributed by atoms with Crippen molar-refractivity contribution in [2.24, 2.45) is 0 Å². The van der Waals surface area contributed by atoms with Crippen LogP contribution in [0, 0.1) is 0 Å². The first-order valence-electron chi connectivity index (χ1n) is 5.28. The summed E-state index contributed by atoms with van der Waals surface area (Å²) in [5.41, 5.74) is 0. The average molecular weight is 366 g/mol. The smallest absolute Gasteiger partial charge is 0.240 e. The van der Waals surface area contributed by atoms with Gasteiger partial charge in [-0.05, 0) is 34.1 Å². The topological polar surface area (TPSA) is 76.9 Å². The van der Waals surface area contributed by atoms with E-state index in [-0.39, 0.29) is 11.4 Å². The number of sulfonamides is 1.